The zero-order valence-corrected chi connectivity index (χ0v) is 40.8. The molecule has 4 aliphatic rings. The molecule has 0 aliphatic carbocycles. The van der Waals surface area contributed by atoms with E-state index in [1.165, 1.54) is 4.90 Å². The number of para-hydroxylation sites is 1. The number of nitrogens with two attached hydrogens (primary N) is 1. The fraction of sp³-hybridized carbons (Fsp3) is 0.412. The second kappa shape index (κ2) is 24.4. The summed E-state index contributed by atoms with van der Waals surface area (Å²) in [5, 5.41) is 19.0. The van der Waals surface area contributed by atoms with Gasteiger partial charge in [-0.2, -0.15) is 18.6 Å². The number of benzene rings is 3. The predicted octanol–water partition coefficient (Wildman–Crippen LogP) is 3.93. The molecule has 2 fully saturated rings. The third-order valence-corrected chi connectivity index (χ3v) is 13.0. The summed E-state index contributed by atoms with van der Waals surface area (Å²) in [7, 11) is 0. The average molecular weight is 1000 g/mol. The van der Waals surface area contributed by atoms with Crippen molar-refractivity contribution in [2.24, 2.45) is 11.7 Å². The van der Waals surface area contributed by atoms with Gasteiger partial charge in [-0.05, 0) is 85.7 Å². The Hall–Kier alpha value is -7.09. The normalized spacial score (nSPS) is 17.5. The fourth-order valence-corrected chi connectivity index (χ4v) is 9.41. The van der Waals surface area contributed by atoms with Crippen LogP contribution in [0.15, 0.2) is 79.0 Å². The molecule has 3 aromatic carbocycles. The van der Waals surface area contributed by atoms with E-state index in [0.717, 1.165) is 36.1 Å². The number of piperidine rings is 2. The Morgan fingerprint density at radius 3 is 2.24 bits per heavy atom. The van der Waals surface area contributed by atoms with Gasteiger partial charge in [-0.3, -0.25) is 29.3 Å². The number of anilines is 1. The monoisotopic (exact) mass is 1000 g/mol. The molecule has 20 nitrogen and oxygen atoms in total. The fourth-order valence-electron chi connectivity index (χ4n) is 9.41. The molecule has 2 atom stereocenters. The van der Waals surface area contributed by atoms with Crippen molar-refractivity contribution in [2.75, 3.05) is 77.8 Å². The van der Waals surface area contributed by atoms with Gasteiger partial charge < -0.3 is 44.5 Å². The van der Waals surface area contributed by atoms with Crippen LogP contribution in [0.5, 0.6) is 11.5 Å². The van der Waals surface area contributed by atoms with E-state index >= 15 is 0 Å². The molecule has 4 aliphatic heterocycles. The van der Waals surface area contributed by atoms with Crippen molar-refractivity contribution in [1.29, 1.82) is 0 Å². The maximum Gasteiger partial charge on any atom is 0.276 e. The van der Waals surface area contributed by atoms with Crippen LogP contribution in [0.1, 0.15) is 80.5 Å². The number of rotatable bonds is 20. The van der Waals surface area contributed by atoms with Gasteiger partial charge in [0.2, 0.25) is 11.8 Å². The number of ether oxygens (including phenoxy) is 5. The molecular formula is C51H58N10O10S. The topological polar surface area (TPSA) is 237 Å². The summed E-state index contributed by atoms with van der Waals surface area (Å²) in [6.07, 6.45) is 4.51. The highest BCUT2D eigenvalue weighted by molar-refractivity contribution is 7.59. The number of primary amides is 1. The quantitative estimate of drug-likeness (QED) is 0.0570. The summed E-state index contributed by atoms with van der Waals surface area (Å²) >= 11 is 0. The highest BCUT2D eigenvalue weighted by atomic mass is 32.1. The summed E-state index contributed by atoms with van der Waals surface area (Å²) < 4.78 is 32.0. The number of amides is 5. The van der Waals surface area contributed by atoms with Gasteiger partial charge in [0.1, 0.15) is 41.2 Å². The van der Waals surface area contributed by atoms with Gasteiger partial charge >= 0.3 is 0 Å². The molecular weight excluding hydrogens is 945 g/mol. The minimum atomic E-state index is -0.677. The van der Waals surface area contributed by atoms with E-state index in [1.54, 1.807) is 23.0 Å². The number of likely N-dealkylation sites (tertiary alicyclic amines) is 1. The minimum Gasteiger partial charge on any atom is -0.457 e. The highest BCUT2D eigenvalue weighted by Crippen LogP contribution is 2.40. The minimum absolute atomic E-state index is 0. The van der Waals surface area contributed by atoms with Crippen LogP contribution in [-0.4, -0.2) is 143 Å². The molecule has 0 spiro atoms. The Morgan fingerprint density at radius 1 is 0.806 bits per heavy atom. The lowest BCUT2D eigenvalue weighted by molar-refractivity contribution is -0.136. The lowest BCUT2D eigenvalue weighted by Gasteiger charge is -2.38. The number of carbonyl (C=O) groups excluding carboxylic acids is 5. The van der Waals surface area contributed by atoms with E-state index in [4.69, 9.17) is 34.5 Å². The number of imide groups is 1. The van der Waals surface area contributed by atoms with Gasteiger partial charge in [-0.15, -0.1) is 5.10 Å². The molecule has 2 aromatic heterocycles. The number of nitrogens with one attached hydrogen (secondary N) is 2. The molecule has 5 amide bonds. The number of aromatic nitrogens is 5. The summed E-state index contributed by atoms with van der Waals surface area (Å²) in [5.74, 6) is 6.60. The summed E-state index contributed by atoms with van der Waals surface area (Å²) in [6, 6.07) is 21.7. The second-order valence-corrected chi connectivity index (χ2v) is 17.5. The van der Waals surface area contributed by atoms with Crippen molar-refractivity contribution in [2.45, 2.75) is 57.3 Å². The zero-order chi connectivity index (χ0) is 49.1. The van der Waals surface area contributed by atoms with Crippen molar-refractivity contribution >= 4 is 48.8 Å². The lowest BCUT2D eigenvalue weighted by atomic mass is 9.86. The van der Waals surface area contributed by atoms with Gasteiger partial charge in [-0.25, -0.2) is 9.36 Å². The highest BCUT2D eigenvalue weighted by Gasteiger charge is 2.40. The molecule has 378 valence electrons. The Balaban J connectivity index is 0.00000693. The first-order chi connectivity index (χ1) is 34.7. The Kier molecular flexibility index (Phi) is 17.3. The van der Waals surface area contributed by atoms with E-state index in [9.17, 15) is 24.0 Å². The van der Waals surface area contributed by atoms with Crippen LogP contribution in [0.25, 0.3) is 11.3 Å². The van der Waals surface area contributed by atoms with Crippen LogP contribution in [0.4, 0.5) is 5.82 Å². The van der Waals surface area contributed by atoms with Crippen molar-refractivity contribution < 1.29 is 47.7 Å². The molecule has 21 heteroatoms. The van der Waals surface area contributed by atoms with Gasteiger partial charge in [0.05, 0.1) is 65.0 Å². The van der Waals surface area contributed by atoms with Crippen LogP contribution in [0.2, 0.25) is 0 Å². The second-order valence-electron chi connectivity index (χ2n) is 17.5. The van der Waals surface area contributed by atoms with Crippen molar-refractivity contribution in [3.05, 3.63) is 107 Å². The first-order valence-electron chi connectivity index (χ1n) is 24.0. The first-order valence-corrected chi connectivity index (χ1v) is 24.0. The van der Waals surface area contributed by atoms with E-state index in [0.29, 0.717) is 113 Å². The van der Waals surface area contributed by atoms with E-state index < -0.39 is 17.9 Å². The SMILES string of the molecule is NC(=O)c1c(-c2ccc(Oc3ccccc3)cc2)nn2c1NCC[C@H]2C1CCN(C(=O)c2cn(CCOCCOCCOCCOCC#Cc3cccc4c3CN(C3CCC(=O)NC3=O)C4=O)nn2)CC1.S. The van der Waals surface area contributed by atoms with E-state index in [2.05, 4.69) is 32.8 Å². The molecule has 0 saturated carbocycles. The van der Waals surface area contributed by atoms with Crippen LogP contribution >= 0.6 is 13.5 Å². The third-order valence-electron chi connectivity index (χ3n) is 13.0. The molecule has 0 radical (unpaired) electrons. The number of hydrogen-bond acceptors (Lipinski definition) is 14. The van der Waals surface area contributed by atoms with Crippen LogP contribution in [0.3, 0.4) is 0 Å². The van der Waals surface area contributed by atoms with Gasteiger partial charge in [0, 0.05) is 49.3 Å². The summed E-state index contributed by atoms with van der Waals surface area (Å²) in [5.41, 5.74) is 9.87. The number of fused-ring (bicyclic) bond motifs is 2. The molecule has 4 N–H and O–H groups in total. The van der Waals surface area contributed by atoms with Crippen molar-refractivity contribution in [1.82, 2.24) is 39.9 Å². The number of carbonyl (C=O) groups is 5. The zero-order valence-electron chi connectivity index (χ0n) is 39.8. The number of hydrogen-bond donors (Lipinski definition) is 3. The smallest absolute Gasteiger partial charge is 0.276 e. The Bertz CT molecular complexity index is 2780. The molecule has 2 saturated heterocycles. The molecule has 0 bridgehead atoms. The van der Waals surface area contributed by atoms with E-state index in [1.807, 2.05) is 70.2 Å². The average Bonchev–Trinajstić information content (AvgIpc) is 4.12. The van der Waals surface area contributed by atoms with Crippen LogP contribution in [0, 0.1) is 17.8 Å². The van der Waals surface area contributed by atoms with E-state index in [-0.39, 0.29) is 68.4 Å². The predicted molar refractivity (Wildman–Crippen MR) is 267 cm³/mol. The first kappa shape index (κ1) is 51.3. The van der Waals surface area contributed by atoms with Crippen LogP contribution < -0.4 is 21.1 Å². The summed E-state index contributed by atoms with van der Waals surface area (Å²) in [6.45, 7) is 5.30. The van der Waals surface area contributed by atoms with Gasteiger partial charge in [0.15, 0.2) is 5.69 Å². The van der Waals surface area contributed by atoms with Gasteiger partial charge in [-0.1, -0.05) is 41.3 Å². The number of nitrogens with zero attached hydrogens (tertiary/aromatic N) is 7. The molecule has 9 rings (SSSR count). The standard InChI is InChI=1S/C51H56N10O10.H2S/c52-47(63)45-46(36-11-13-38(14-12-36)71-37-8-2-1-3-9-37)56-61-42(17-20-53-48(45)61)35-18-21-58(22-19-35)51(66)41-33-59(57-55-41)23-25-68-27-29-70-31-30-69-28-26-67-24-5-7-34-6-4-10-39-40(34)32-60(50(39)65)43-15-16-44(62)54-49(43)64;/h1-4,6,8-14,33,35,42-43,53H,15-32H2,(H2,52,63)(H,54,62,64);1H2/t42-,43?;/m0./s1. The Labute approximate surface area is 423 Å². The summed E-state index contributed by atoms with van der Waals surface area (Å²) in [4.78, 5) is 66.6. The maximum absolute atomic E-state index is 13.5. The molecule has 1 unspecified atom stereocenters. The van der Waals surface area contributed by atoms with Crippen LogP contribution in [-0.2, 0) is 41.6 Å². The third kappa shape index (κ3) is 12.1. The Morgan fingerprint density at radius 2 is 1.51 bits per heavy atom. The molecule has 6 heterocycles. The van der Waals surface area contributed by atoms with Gasteiger partial charge in [0.25, 0.3) is 17.7 Å². The maximum atomic E-state index is 13.5. The lowest BCUT2D eigenvalue weighted by Crippen LogP contribution is -2.52. The van der Waals surface area contributed by atoms with Crippen molar-refractivity contribution in [3.63, 3.8) is 0 Å². The molecule has 5 aromatic rings. The molecule has 72 heavy (non-hydrogen) atoms. The van der Waals surface area contributed by atoms with Crippen molar-refractivity contribution in [3.8, 4) is 34.6 Å². The largest absolute Gasteiger partial charge is 0.457 e.